The van der Waals surface area contributed by atoms with Crippen molar-refractivity contribution >= 4 is 11.9 Å². The summed E-state index contributed by atoms with van der Waals surface area (Å²) in [7, 11) is 1.69. The van der Waals surface area contributed by atoms with Gasteiger partial charge in [0.05, 0.1) is 13.2 Å². The number of hydrogen-bond donors (Lipinski definition) is 0. The molecular weight excluding hydrogens is 408 g/mol. The van der Waals surface area contributed by atoms with Crippen LogP contribution in [0.4, 0.5) is 0 Å². The molecule has 0 amide bonds. The second-order valence-electron chi connectivity index (χ2n) is 7.51. The Kier molecular flexibility index (Phi) is 7.82. The van der Waals surface area contributed by atoms with Crippen molar-refractivity contribution in [2.75, 3.05) is 20.3 Å². The van der Waals surface area contributed by atoms with E-state index in [1.807, 2.05) is 36.7 Å². The van der Waals surface area contributed by atoms with Gasteiger partial charge in [-0.1, -0.05) is 12.1 Å². The summed E-state index contributed by atoms with van der Waals surface area (Å²) in [4.78, 5) is 5.31. The zero-order valence-electron chi connectivity index (χ0n) is 17.8. The Hall–Kier alpha value is -2.54. The highest BCUT2D eigenvalue weighted by Crippen LogP contribution is 2.29. The Morgan fingerprint density at radius 1 is 0.935 bits per heavy atom. The molecule has 0 radical (unpaired) electrons. The van der Waals surface area contributed by atoms with Crippen molar-refractivity contribution in [2.45, 2.75) is 36.9 Å². The lowest BCUT2D eigenvalue weighted by atomic mass is 10.2. The normalized spacial score (nSPS) is 15.9. The third-order valence-electron chi connectivity index (χ3n) is 5.14. The lowest BCUT2D eigenvalue weighted by molar-refractivity contribution is 0.0679. The maximum atomic E-state index is 5.90. The van der Waals surface area contributed by atoms with Gasteiger partial charge in [-0.2, -0.15) is 0 Å². The predicted octanol–water partition coefficient (Wildman–Crippen LogP) is 5.36. The quantitative estimate of drug-likeness (QED) is 0.399. The van der Waals surface area contributed by atoms with E-state index in [1.54, 1.807) is 19.1 Å². The van der Waals surface area contributed by atoms with E-state index in [-0.39, 0.29) is 6.10 Å². The first-order valence-electron chi connectivity index (χ1n) is 10.6. The zero-order valence-corrected chi connectivity index (χ0v) is 18.6. The minimum Gasteiger partial charge on any atom is -0.497 e. The highest BCUT2D eigenvalue weighted by molar-refractivity contribution is 7.97. The van der Waals surface area contributed by atoms with Crippen LogP contribution in [-0.4, -0.2) is 35.7 Å². The van der Waals surface area contributed by atoms with Crippen LogP contribution in [0.25, 0.3) is 0 Å². The van der Waals surface area contributed by atoms with Crippen molar-refractivity contribution in [3.8, 4) is 11.5 Å². The van der Waals surface area contributed by atoms with E-state index in [4.69, 9.17) is 14.2 Å². The van der Waals surface area contributed by atoms with Crippen LogP contribution >= 0.6 is 11.9 Å². The Morgan fingerprint density at radius 2 is 1.61 bits per heavy atom. The fourth-order valence-electron chi connectivity index (χ4n) is 3.46. The molecular formula is C25H28N2O3S. The second kappa shape index (κ2) is 11.2. The van der Waals surface area contributed by atoms with E-state index in [0.717, 1.165) is 44.0 Å². The van der Waals surface area contributed by atoms with E-state index >= 15 is 0 Å². The van der Waals surface area contributed by atoms with Crippen LogP contribution in [0, 0.1) is 0 Å². The molecule has 5 nitrogen and oxygen atoms in total. The SMILES string of the molecule is COc1ccc(CN(Cc2ccncc2)Sc2ccc(OCC3CCCO3)cc2)cc1. The zero-order chi connectivity index (χ0) is 21.3. The molecule has 1 fully saturated rings. The van der Waals surface area contributed by atoms with Crippen molar-refractivity contribution in [2.24, 2.45) is 0 Å². The smallest absolute Gasteiger partial charge is 0.119 e. The summed E-state index contributed by atoms with van der Waals surface area (Å²) in [6.07, 6.45) is 6.13. The molecule has 0 N–H and O–H groups in total. The van der Waals surface area contributed by atoms with Gasteiger partial charge in [-0.25, -0.2) is 4.31 Å². The molecule has 0 bridgehead atoms. The van der Waals surface area contributed by atoms with Gasteiger partial charge >= 0.3 is 0 Å². The first-order valence-corrected chi connectivity index (χ1v) is 11.3. The molecule has 1 aliphatic heterocycles. The number of aromatic nitrogens is 1. The summed E-state index contributed by atoms with van der Waals surface area (Å²) >= 11 is 1.74. The first-order chi connectivity index (χ1) is 15.3. The van der Waals surface area contributed by atoms with E-state index in [0.29, 0.717) is 6.61 Å². The van der Waals surface area contributed by atoms with Gasteiger partial charge in [0.2, 0.25) is 0 Å². The van der Waals surface area contributed by atoms with Crippen molar-refractivity contribution in [1.82, 2.24) is 9.29 Å². The summed E-state index contributed by atoms with van der Waals surface area (Å²) in [6, 6.07) is 20.7. The molecule has 0 aliphatic carbocycles. The highest BCUT2D eigenvalue weighted by atomic mass is 32.2. The molecule has 2 aromatic carbocycles. The monoisotopic (exact) mass is 436 g/mol. The minimum absolute atomic E-state index is 0.231. The Bertz CT molecular complexity index is 914. The number of pyridine rings is 1. The van der Waals surface area contributed by atoms with Gasteiger partial charge in [-0.3, -0.25) is 4.98 Å². The number of rotatable bonds is 10. The van der Waals surface area contributed by atoms with Gasteiger partial charge in [0.1, 0.15) is 18.1 Å². The molecule has 0 spiro atoms. The summed E-state index contributed by atoms with van der Waals surface area (Å²) < 4.78 is 19.2. The largest absolute Gasteiger partial charge is 0.497 e. The van der Waals surface area contributed by atoms with Gasteiger partial charge in [-0.05, 0) is 84.4 Å². The molecule has 4 rings (SSSR count). The standard InChI is InChI=1S/C25H28N2O3S/c1-28-22-6-4-20(5-7-22)17-27(18-21-12-14-26-15-13-21)31-25-10-8-23(9-11-25)30-19-24-3-2-16-29-24/h4-15,24H,2-3,16-19H2,1H3. The Balaban J connectivity index is 1.40. The average Bonchev–Trinajstić information content (AvgIpc) is 3.34. The maximum absolute atomic E-state index is 5.90. The van der Waals surface area contributed by atoms with Gasteiger partial charge in [0.15, 0.2) is 0 Å². The third kappa shape index (κ3) is 6.72. The number of benzene rings is 2. The molecule has 162 valence electrons. The van der Waals surface area contributed by atoms with Crippen LogP contribution in [0.5, 0.6) is 11.5 Å². The number of nitrogens with zero attached hydrogens (tertiary/aromatic N) is 2. The lowest BCUT2D eigenvalue weighted by Gasteiger charge is -2.22. The molecule has 1 aliphatic rings. The Morgan fingerprint density at radius 3 is 2.26 bits per heavy atom. The van der Waals surface area contributed by atoms with Crippen LogP contribution in [0.1, 0.15) is 24.0 Å². The first kappa shape index (κ1) is 21.7. The summed E-state index contributed by atoms with van der Waals surface area (Å²) in [5.41, 5.74) is 2.46. The molecule has 6 heteroatoms. The van der Waals surface area contributed by atoms with Gasteiger partial charge in [0.25, 0.3) is 0 Å². The lowest BCUT2D eigenvalue weighted by Crippen LogP contribution is -2.16. The predicted molar refractivity (Wildman–Crippen MR) is 123 cm³/mol. The van der Waals surface area contributed by atoms with Gasteiger partial charge < -0.3 is 14.2 Å². The maximum Gasteiger partial charge on any atom is 0.119 e. The van der Waals surface area contributed by atoms with E-state index in [9.17, 15) is 0 Å². The van der Waals surface area contributed by atoms with E-state index in [1.165, 1.54) is 16.0 Å². The highest BCUT2D eigenvalue weighted by Gasteiger charge is 2.16. The summed E-state index contributed by atoms with van der Waals surface area (Å²) in [5, 5.41) is 0. The molecule has 2 heterocycles. The molecule has 1 atom stereocenters. The van der Waals surface area contributed by atoms with Gasteiger partial charge in [0, 0.05) is 37.0 Å². The second-order valence-corrected chi connectivity index (χ2v) is 8.68. The average molecular weight is 437 g/mol. The topological polar surface area (TPSA) is 43.8 Å². The fraction of sp³-hybridized carbons (Fsp3) is 0.320. The number of hydrogen-bond acceptors (Lipinski definition) is 6. The summed E-state index contributed by atoms with van der Waals surface area (Å²) in [5.74, 6) is 1.76. The van der Waals surface area contributed by atoms with Crippen molar-refractivity contribution in [1.29, 1.82) is 0 Å². The molecule has 0 saturated carbocycles. The molecule has 1 aromatic heterocycles. The van der Waals surface area contributed by atoms with Crippen LogP contribution in [-0.2, 0) is 17.8 Å². The van der Waals surface area contributed by atoms with Crippen molar-refractivity contribution < 1.29 is 14.2 Å². The molecule has 3 aromatic rings. The molecule has 1 saturated heterocycles. The van der Waals surface area contributed by atoms with Crippen molar-refractivity contribution in [3.63, 3.8) is 0 Å². The van der Waals surface area contributed by atoms with E-state index in [2.05, 4.69) is 45.7 Å². The molecule has 1 unspecified atom stereocenters. The van der Waals surface area contributed by atoms with Crippen molar-refractivity contribution in [3.05, 3.63) is 84.2 Å². The number of ether oxygens (including phenoxy) is 3. The third-order valence-corrected chi connectivity index (χ3v) is 6.14. The summed E-state index contributed by atoms with van der Waals surface area (Å²) in [6.45, 7) is 3.11. The minimum atomic E-state index is 0.231. The van der Waals surface area contributed by atoms with E-state index < -0.39 is 0 Å². The fourth-order valence-corrected chi connectivity index (χ4v) is 4.44. The van der Waals surface area contributed by atoms with Crippen LogP contribution in [0.2, 0.25) is 0 Å². The van der Waals surface area contributed by atoms with Crippen LogP contribution in [0.3, 0.4) is 0 Å². The molecule has 31 heavy (non-hydrogen) atoms. The Labute approximate surface area is 188 Å². The van der Waals surface area contributed by atoms with Crippen LogP contribution < -0.4 is 9.47 Å². The number of methoxy groups -OCH3 is 1. The van der Waals surface area contributed by atoms with Crippen LogP contribution in [0.15, 0.2) is 78.0 Å². The van der Waals surface area contributed by atoms with Gasteiger partial charge in [-0.15, -0.1) is 0 Å².